The van der Waals surface area contributed by atoms with Crippen molar-refractivity contribution in [3.8, 4) is 0 Å². The predicted octanol–water partition coefficient (Wildman–Crippen LogP) is 2.09. The molecule has 2 N–H and O–H groups in total. The van der Waals surface area contributed by atoms with Crippen molar-refractivity contribution in [2.24, 2.45) is 11.1 Å². The minimum Gasteiger partial charge on any atom is -0.342 e. The van der Waals surface area contributed by atoms with Crippen LogP contribution in [0.5, 0.6) is 0 Å². The highest BCUT2D eigenvalue weighted by molar-refractivity contribution is 5.79. The number of carbonyl (C=O) groups is 1. The Morgan fingerprint density at radius 3 is 2.60 bits per heavy atom. The quantitative estimate of drug-likeness (QED) is 0.922. The number of benzene rings is 1. The molecule has 0 saturated carbocycles. The molecule has 1 heterocycles. The molecule has 1 aliphatic rings. The second-order valence-electron chi connectivity index (χ2n) is 5.79. The zero-order valence-corrected chi connectivity index (χ0v) is 11.7. The molecule has 110 valence electrons. The van der Waals surface area contributed by atoms with Gasteiger partial charge < -0.3 is 10.6 Å². The van der Waals surface area contributed by atoms with Crippen LogP contribution in [0.15, 0.2) is 18.2 Å². The normalized spacial score (nSPS) is 18.1. The van der Waals surface area contributed by atoms with Crippen molar-refractivity contribution in [1.82, 2.24) is 4.90 Å². The van der Waals surface area contributed by atoms with Crippen molar-refractivity contribution in [2.45, 2.75) is 26.2 Å². The van der Waals surface area contributed by atoms with Gasteiger partial charge in [-0.2, -0.15) is 0 Å². The Bertz CT molecular complexity index is 497. The number of nitrogens with zero attached hydrogens (tertiary/aromatic N) is 1. The lowest BCUT2D eigenvalue weighted by Gasteiger charge is -2.38. The Balaban J connectivity index is 1.98. The van der Waals surface area contributed by atoms with Crippen molar-refractivity contribution < 1.29 is 13.6 Å². The van der Waals surface area contributed by atoms with E-state index in [1.54, 1.807) is 4.90 Å². The van der Waals surface area contributed by atoms with Gasteiger partial charge in [-0.05, 0) is 30.9 Å². The van der Waals surface area contributed by atoms with Gasteiger partial charge in [0.1, 0.15) is 0 Å². The molecule has 0 aliphatic carbocycles. The number of likely N-dealkylation sites (tertiary alicyclic amines) is 1. The first-order chi connectivity index (χ1) is 9.45. The fourth-order valence-electron chi connectivity index (χ4n) is 2.46. The summed E-state index contributed by atoms with van der Waals surface area (Å²) in [6.45, 7) is 3.97. The Morgan fingerprint density at radius 2 is 2.00 bits per heavy atom. The molecular formula is C15H20F2N2O. The molecule has 0 radical (unpaired) electrons. The van der Waals surface area contributed by atoms with Gasteiger partial charge in [-0.3, -0.25) is 4.79 Å². The number of hydrogen-bond donors (Lipinski definition) is 1. The number of halogens is 2. The summed E-state index contributed by atoms with van der Waals surface area (Å²) in [4.78, 5) is 13.8. The van der Waals surface area contributed by atoms with E-state index in [9.17, 15) is 13.6 Å². The summed E-state index contributed by atoms with van der Waals surface area (Å²) in [6.07, 6.45) is 1.60. The number of rotatable bonds is 3. The third-order valence-corrected chi connectivity index (χ3v) is 4.19. The molecule has 0 bridgehead atoms. The van der Waals surface area contributed by atoms with Crippen LogP contribution in [0.4, 0.5) is 8.78 Å². The van der Waals surface area contributed by atoms with E-state index in [0.29, 0.717) is 19.6 Å². The third-order valence-electron chi connectivity index (χ3n) is 4.19. The van der Waals surface area contributed by atoms with Crippen molar-refractivity contribution in [3.63, 3.8) is 0 Å². The Kier molecular flexibility index (Phi) is 4.38. The third kappa shape index (κ3) is 3.15. The van der Waals surface area contributed by atoms with Crippen molar-refractivity contribution in [1.29, 1.82) is 0 Å². The molecule has 1 aromatic rings. The highest BCUT2D eigenvalue weighted by atomic mass is 19.2. The van der Waals surface area contributed by atoms with E-state index in [2.05, 4.69) is 6.92 Å². The summed E-state index contributed by atoms with van der Waals surface area (Å²) in [6, 6.07) is 3.92. The number of hydrogen-bond acceptors (Lipinski definition) is 2. The van der Waals surface area contributed by atoms with Gasteiger partial charge in [0.15, 0.2) is 11.6 Å². The van der Waals surface area contributed by atoms with Crippen LogP contribution in [0.1, 0.15) is 25.3 Å². The summed E-state index contributed by atoms with van der Waals surface area (Å²) >= 11 is 0. The van der Waals surface area contributed by atoms with Crippen molar-refractivity contribution in [2.75, 3.05) is 19.6 Å². The predicted molar refractivity (Wildman–Crippen MR) is 73.0 cm³/mol. The maximum absolute atomic E-state index is 13.5. The maximum atomic E-state index is 13.5. The monoisotopic (exact) mass is 282 g/mol. The van der Waals surface area contributed by atoms with E-state index in [0.717, 1.165) is 18.9 Å². The first kappa shape index (κ1) is 14.9. The van der Waals surface area contributed by atoms with Crippen LogP contribution in [0, 0.1) is 17.0 Å². The number of amides is 1. The first-order valence-corrected chi connectivity index (χ1v) is 6.86. The van der Waals surface area contributed by atoms with E-state index in [1.807, 2.05) is 0 Å². The van der Waals surface area contributed by atoms with Gasteiger partial charge in [-0.1, -0.05) is 19.1 Å². The lowest BCUT2D eigenvalue weighted by Crippen LogP contribution is -2.45. The van der Waals surface area contributed by atoms with Gasteiger partial charge in [-0.15, -0.1) is 0 Å². The highest BCUT2D eigenvalue weighted by Gasteiger charge is 2.30. The lowest BCUT2D eigenvalue weighted by molar-refractivity contribution is -0.132. The van der Waals surface area contributed by atoms with E-state index in [1.165, 1.54) is 12.1 Å². The van der Waals surface area contributed by atoms with E-state index in [4.69, 9.17) is 5.73 Å². The summed E-state index contributed by atoms with van der Waals surface area (Å²) in [5, 5.41) is 0. The molecule has 5 heteroatoms. The van der Waals surface area contributed by atoms with Crippen LogP contribution in [-0.2, 0) is 11.2 Å². The lowest BCUT2D eigenvalue weighted by atomic mass is 9.80. The average molecular weight is 282 g/mol. The molecule has 1 saturated heterocycles. The molecule has 1 aliphatic heterocycles. The van der Waals surface area contributed by atoms with Crippen LogP contribution in [0.3, 0.4) is 0 Å². The summed E-state index contributed by atoms with van der Waals surface area (Å²) in [5.74, 6) is -2.00. The second kappa shape index (κ2) is 5.87. The van der Waals surface area contributed by atoms with Crippen LogP contribution in [0.2, 0.25) is 0 Å². The van der Waals surface area contributed by atoms with Crippen molar-refractivity contribution >= 4 is 5.91 Å². The van der Waals surface area contributed by atoms with E-state index in [-0.39, 0.29) is 23.3 Å². The van der Waals surface area contributed by atoms with Crippen molar-refractivity contribution in [3.05, 3.63) is 35.4 Å². The number of piperidine rings is 1. The van der Waals surface area contributed by atoms with Crippen LogP contribution >= 0.6 is 0 Å². The van der Waals surface area contributed by atoms with E-state index >= 15 is 0 Å². The van der Waals surface area contributed by atoms with Gasteiger partial charge in [0.05, 0.1) is 6.42 Å². The van der Waals surface area contributed by atoms with Gasteiger partial charge in [0, 0.05) is 18.7 Å². The molecule has 1 amide bonds. The molecule has 0 unspecified atom stereocenters. The SMILES string of the molecule is CC1(CN)CCN(C(=O)Cc2cccc(F)c2F)CC1. The molecule has 20 heavy (non-hydrogen) atoms. The molecule has 2 rings (SSSR count). The molecule has 3 nitrogen and oxygen atoms in total. The van der Waals surface area contributed by atoms with Gasteiger partial charge in [-0.25, -0.2) is 8.78 Å². The zero-order valence-electron chi connectivity index (χ0n) is 11.7. The Hall–Kier alpha value is -1.49. The fourth-order valence-corrected chi connectivity index (χ4v) is 2.46. The standard InChI is InChI=1S/C15H20F2N2O/c1-15(10-18)5-7-19(8-6-15)13(20)9-11-3-2-4-12(16)14(11)17/h2-4H,5-10,18H2,1H3. The fraction of sp³-hybridized carbons (Fsp3) is 0.533. The minimum absolute atomic E-state index is 0.0842. The smallest absolute Gasteiger partial charge is 0.227 e. The average Bonchev–Trinajstić information content (AvgIpc) is 2.44. The molecule has 0 aromatic heterocycles. The van der Waals surface area contributed by atoms with E-state index < -0.39 is 11.6 Å². The number of carbonyl (C=O) groups excluding carboxylic acids is 1. The molecule has 1 fully saturated rings. The molecular weight excluding hydrogens is 262 g/mol. The topological polar surface area (TPSA) is 46.3 Å². The summed E-state index contributed by atoms with van der Waals surface area (Å²) in [7, 11) is 0. The Morgan fingerprint density at radius 1 is 1.35 bits per heavy atom. The summed E-state index contributed by atoms with van der Waals surface area (Å²) in [5.41, 5.74) is 5.92. The number of nitrogens with two attached hydrogens (primary N) is 1. The zero-order chi connectivity index (χ0) is 14.8. The van der Waals surface area contributed by atoms with Gasteiger partial charge in [0.2, 0.25) is 5.91 Å². The largest absolute Gasteiger partial charge is 0.342 e. The second-order valence-corrected chi connectivity index (χ2v) is 5.79. The minimum atomic E-state index is -0.926. The van der Waals surface area contributed by atoms with Crippen LogP contribution in [-0.4, -0.2) is 30.4 Å². The summed E-state index contributed by atoms with van der Waals surface area (Å²) < 4.78 is 26.7. The molecule has 1 aromatic carbocycles. The van der Waals surface area contributed by atoms with Crippen LogP contribution in [0.25, 0.3) is 0 Å². The highest BCUT2D eigenvalue weighted by Crippen LogP contribution is 2.29. The Labute approximate surface area is 117 Å². The van der Waals surface area contributed by atoms with Crippen LogP contribution < -0.4 is 5.73 Å². The maximum Gasteiger partial charge on any atom is 0.227 e. The van der Waals surface area contributed by atoms with Gasteiger partial charge in [0.25, 0.3) is 0 Å². The van der Waals surface area contributed by atoms with Gasteiger partial charge >= 0.3 is 0 Å². The molecule has 0 spiro atoms. The molecule has 0 atom stereocenters. The first-order valence-electron chi connectivity index (χ1n) is 6.86.